The van der Waals surface area contributed by atoms with Crippen molar-refractivity contribution in [2.45, 2.75) is 25.7 Å². The fourth-order valence-electron chi connectivity index (χ4n) is 1.04. The number of ketones is 1. The summed E-state index contributed by atoms with van der Waals surface area (Å²) in [5, 5.41) is 8.48. The number of aliphatic hydroxyl groups is 1. The average molecular weight is 150 g/mol. The Balaban J connectivity index is 0. The van der Waals surface area contributed by atoms with Crippen molar-refractivity contribution in [2.75, 3.05) is 0 Å². The van der Waals surface area contributed by atoms with Crippen molar-refractivity contribution in [2.24, 2.45) is 0 Å². The van der Waals surface area contributed by atoms with Crippen LogP contribution in [0.3, 0.4) is 0 Å². The van der Waals surface area contributed by atoms with E-state index in [0.29, 0.717) is 12.0 Å². The topological polar surface area (TPSA) is 37.3 Å². The van der Waals surface area contributed by atoms with Crippen LogP contribution in [0.2, 0.25) is 0 Å². The Morgan fingerprint density at radius 2 is 2.00 bits per heavy atom. The van der Waals surface area contributed by atoms with Gasteiger partial charge in [0, 0.05) is 12.0 Å². The molecule has 0 aromatic carbocycles. The largest absolute Gasteiger partial charge is 1.00 e. The molecular weight excluding hydrogens is 139 g/mol. The van der Waals surface area contributed by atoms with E-state index >= 15 is 0 Å². The summed E-state index contributed by atoms with van der Waals surface area (Å²) < 4.78 is 0. The fourth-order valence-corrected chi connectivity index (χ4v) is 1.04. The number of hydrogen-bond donors (Lipinski definition) is 1. The first kappa shape index (κ1) is 10.2. The molecule has 0 unspecified atom stereocenters. The monoisotopic (exact) mass is 150 g/mol. The predicted octanol–water partition coefficient (Wildman–Crippen LogP) is -1.31. The van der Waals surface area contributed by atoms with E-state index in [1.54, 1.807) is 0 Å². The maximum atomic E-state index is 10.8. The van der Waals surface area contributed by atoms with E-state index in [9.17, 15) is 4.79 Å². The molecule has 0 saturated heterocycles. The Morgan fingerprint density at radius 1 is 1.40 bits per heavy atom. The van der Waals surface area contributed by atoms with Gasteiger partial charge in [-0.2, -0.15) is 0 Å². The molecule has 0 heterocycles. The summed E-state index contributed by atoms with van der Waals surface area (Å²) in [5.41, 5.74) is 0.598. The van der Waals surface area contributed by atoms with Crippen LogP contribution in [-0.2, 0) is 4.79 Å². The van der Waals surface area contributed by atoms with Gasteiger partial charge in [-0.1, -0.05) is 0 Å². The summed E-state index contributed by atoms with van der Waals surface area (Å²) in [6.45, 7) is 0. The third kappa shape index (κ3) is 2.45. The van der Waals surface area contributed by atoms with Gasteiger partial charge in [0.25, 0.3) is 0 Å². The molecule has 52 valence electrons. The van der Waals surface area contributed by atoms with Crippen molar-refractivity contribution < 1.29 is 40.9 Å². The van der Waals surface area contributed by atoms with Gasteiger partial charge in [0.15, 0.2) is 5.78 Å². The quantitative estimate of drug-likeness (QED) is 0.264. The molecule has 1 aliphatic rings. The molecule has 1 saturated carbocycles. The third-order valence-electron chi connectivity index (χ3n) is 1.61. The Labute approximate surface area is 84.1 Å². The van der Waals surface area contributed by atoms with Crippen LogP contribution < -0.4 is 29.6 Å². The average Bonchev–Trinajstić information content (AvgIpc) is 1.89. The third-order valence-corrected chi connectivity index (χ3v) is 1.61. The Hall–Kier alpha value is 0.210. The molecule has 0 aliphatic heterocycles. The van der Waals surface area contributed by atoms with E-state index in [1.807, 2.05) is 0 Å². The van der Waals surface area contributed by atoms with Gasteiger partial charge in [0.2, 0.25) is 0 Å². The summed E-state index contributed by atoms with van der Waals surface area (Å²) in [4.78, 5) is 10.8. The molecule has 1 fully saturated rings. The van der Waals surface area contributed by atoms with Crippen LogP contribution in [0.1, 0.15) is 27.1 Å². The first-order valence-electron chi connectivity index (χ1n) is 3.21. The van der Waals surface area contributed by atoms with E-state index in [-0.39, 0.29) is 36.8 Å². The van der Waals surface area contributed by atoms with Gasteiger partial charge >= 0.3 is 29.6 Å². The first-order chi connectivity index (χ1) is 4.34. The number of allylic oxidation sites excluding steroid dienone is 1. The van der Waals surface area contributed by atoms with Crippen molar-refractivity contribution in [3.8, 4) is 0 Å². The van der Waals surface area contributed by atoms with Crippen LogP contribution in [0, 0.1) is 0 Å². The van der Waals surface area contributed by atoms with Crippen LogP contribution in [0.5, 0.6) is 0 Å². The molecule has 0 spiro atoms. The van der Waals surface area contributed by atoms with Crippen LogP contribution in [0.15, 0.2) is 11.8 Å². The minimum atomic E-state index is 0. The van der Waals surface area contributed by atoms with Gasteiger partial charge in [-0.05, 0) is 19.3 Å². The molecule has 1 N–H and O–H groups in total. The second-order valence-electron chi connectivity index (χ2n) is 2.28. The molecule has 0 bridgehead atoms. The van der Waals surface area contributed by atoms with E-state index in [0.717, 1.165) is 25.5 Å². The van der Waals surface area contributed by atoms with Crippen molar-refractivity contribution >= 4 is 5.78 Å². The van der Waals surface area contributed by atoms with E-state index in [4.69, 9.17) is 5.11 Å². The Morgan fingerprint density at radius 3 is 2.40 bits per heavy atom. The molecule has 0 radical (unpaired) electrons. The second-order valence-corrected chi connectivity index (χ2v) is 2.28. The summed E-state index contributed by atoms with van der Waals surface area (Å²) in [6, 6.07) is 0. The minimum Gasteiger partial charge on any atom is -1.00 e. The predicted molar refractivity (Wildman–Crippen MR) is 35.3 cm³/mol. The van der Waals surface area contributed by atoms with Crippen molar-refractivity contribution in [1.82, 2.24) is 0 Å². The number of carbonyl (C=O) groups is 1. The van der Waals surface area contributed by atoms with E-state index < -0.39 is 0 Å². The maximum absolute atomic E-state index is 10.8. The SMILES string of the molecule is O=C1CCCC/C1=C\O.[H-].[Na+]. The molecule has 0 aromatic rings. The standard InChI is InChI=1S/C7H10O2.Na.H/c8-5-6-3-1-2-4-7(6)9;;/h5,8H,1-4H2;;/q;+1;-1/b6-5+;;. The van der Waals surface area contributed by atoms with Crippen molar-refractivity contribution in [1.29, 1.82) is 0 Å². The number of rotatable bonds is 0. The summed E-state index contributed by atoms with van der Waals surface area (Å²) in [6.07, 6.45) is 4.34. The Kier molecular flexibility index (Phi) is 5.04. The zero-order chi connectivity index (χ0) is 6.69. The maximum Gasteiger partial charge on any atom is 1.00 e. The molecule has 0 atom stereocenters. The number of Topliss-reactive ketones (excluding diaryl/α,β-unsaturated/α-hetero) is 1. The van der Waals surface area contributed by atoms with Gasteiger partial charge in [0.05, 0.1) is 6.26 Å². The zero-order valence-electron chi connectivity index (χ0n) is 7.26. The van der Waals surface area contributed by atoms with Crippen molar-refractivity contribution in [3.05, 3.63) is 11.8 Å². The summed E-state index contributed by atoms with van der Waals surface area (Å²) in [7, 11) is 0. The van der Waals surface area contributed by atoms with Crippen LogP contribution in [0.4, 0.5) is 0 Å². The summed E-state index contributed by atoms with van der Waals surface area (Å²) in [5.74, 6) is 0.115. The number of aliphatic hydroxyl groups excluding tert-OH is 1. The number of carbonyl (C=O) groups excluding carboxylic acids is 1. The second kappa shape index (κ2) is 4.94. The summed E-state index contributed by atoms with van der Waals surface area (Å²) >= 11 is 0. The zero-order valence-corrected chi connectivity index (χ0v) is 8.26. The van der Waals surface area contributed by atoms with Crippen LogP contribution >= 0.6 is 0 Å². The molecule has 2 nitrogen and oxygen atoms in total. The molecule has 10 heavy (non-hydrogen) atoms. The smallest absolute Gasteiger partial charge is 1.00 e. The Bertz CT molecular complexity index is 157. The normalized spacial score (nSPS) is 22.4. The molecule has 0 amide bonds. The fraction of sp³-hybridized carbons (Fsp3) is 0.571. The van der Waals surface area contributed by atoms with Gasteiger partial charge < -0.3 is 6.53 Å². The van der Waals surface area contributed by atoms with Crippen LogP contribution in [0.25, 0.3) is 0 Å². The van der Waals surface area contributed by atoms with Gasteiger partial charge in [-0.25, -0.2) is 0 Å². The van der Waals surface area contributed by atoms with E-state index in [1.165, 1.54) is 0 Å². The molecule has 1 aliphatic carbocycles. The van der Waals surface area contributed by atoms with E-state index in [2.05, 4.69) is 0 Å². The van der Waals surface area contributed by atoms with Gasteiger partial charge in [-0.3, -0.25) is 4.79 Å². The molecule has 0 aromatic heterocycles. The van der Waals surface area contributed by atoms with Gasteiger partial charge in [-0.15, -0.1) is 0 Å². The van der Waals surface area contributed by atoms with Crippen LogP contribution in [-0.4, -0.2) is 10.9 Å². The number of hydrogen-bond acceptors (Lipinski definition) is 2. The molecule has 1 rings (SSSR count). The first-order valence-corrected chi connectivity index (χ1v) is 3.21. The van der Waals surface area contributed by atoms with Crippen molar-refractivity contribution in [3.63, 3.8) is 0 Å². The van der Waals surface area contributed by atoms with Gasteiger partial charge in [0.1, 0.15) is 0 Å². The molecule has 3 heteroatoms. The molecular formula is C7H11NaO2. The minimum absolute atomic E-state index is 0.